The van der Waals surface area contributed by atoms with Gasteiger partial charge in [0.2, 0.25) is 0 Å². The van der Waals surface area contributed by atoms with Gasteiger partial charge in [0.15, 0.2) is 0 Å². The third kappa shape index (κ3) is 5.18. The number of rotatable bonds is 5. The van der Waals surface area contributed by atoms with Crippen LogP contribution in [-0.2, 0) is 0 Å². The van der Waals surface area contributed by atoms with Gasteiger partial charge < -0.3 is 15.7 Å². The van der Waals surface area contributed by atoms with Gasteiger partial charge in [-0.15, -0.1) is 0 Å². The van der Waals surface area contributed by atoms with Crippen molar-refractivity contribution in [2.45, 2.75) is 31.9 Å². The third-order valence-corrected chi connectivity index (χ3v) is 1.84. The molecule has 3 N–H and O–H groups in total. The Bertz CT molecular complexity index is 94.1. The van der Waals surface area contributed by atoms with Gasteiger partial charge in [0.25, 0.3) is 0 Å². The maximum atomic E-state index is 9.13. The lowest BCUT2D eigenvalue weighted by atomic mass is 10.1. The number of aliphatic hydroxyl groups is 1. The van der Waals surface area contributed by atoms with Crippen LogP contribution in [0.4, 0.5) is 0 Å². The van der Waals surface area contributed by atoms with Crippen molar-refractivity contribution in [1.82, 2.24) is 4.90 Å². The molecule has 0 radical (unpaired) electrons. The van der Waals surface area contributed by atoms with Gasteiger partial charge in [0, 0.05) is 6.04 Å². The number of hydrogen-bond acceptors (Lipinski definition) is 3. The molecule has 3 nitrogen and oxygen atoms in total. The second-order valence-electron chi connectivity index (χ2n) is 3.28. The summed E-state index contributed by atoms with van der Waals surface area (Å²) < 4.78 is 0. The summed E-state index contributed by atoms with van der Waals surface area (Å²) in [7, 11) is 4.03. The molecular formula is C8H20N2O. The van der Waals surface area contributed by atoms with Crippen LogP contribution < -0.4 is 5.73 Å². The van der Waals surface area contributed by atoms with Crippen LogP contribution in [0.25, 0.3) is 0 Å². The SMILES string of the molecule is CC(O)CC(CCN)N(C)C. The molecule has 0 amide bonds. The van der Waals surface area contributed by atoms with Crippen molar-refractivity contribution >= 4 is 0 Å². The summed E-state index contributed by atoms with van der Waals surface area (Å²) >= 11 is 0. The van der Waals surface area contributed by atoms with E-state index in [0.717, 1.165) is 12.8 Å². The molecule has 0 aliphatic carbocycles. The Morgan fingerprint density at radius 2 is 2.00 bits per heavy atom. The zero-order valence-electron chi connectivity index (χ0n) is 7.75. The average molecular weight is 160 g/mol. The number of hydrogen-bond donors (Lipinski definition) is 2. The van der Waals surface area contributed by atoms with Crippen LogP contribution in [0.15, 0.2) is 0 Å². The number of aliphatic hydroxyl groups excluding tert-OH is 1. The Balaban J connectivity index is 3.69. The average Bonchev–Trinajstić information content (AvgIpc) is 1.86. The third-order valence-electron chi connectivity index (χ3n) is 1.84. The normalized spacial score (nSPS) is 16.9. The molecule has 0 aliphatic rings. The molecule has 2 unspecified atom stereocenters. The van der Waals surface area contributed by atoms with Crippen LogP contribution in [0.2, 0.25) is 0 Å². The molecule has 3 heteroatoms. The van der Waals surface area contributed by atoms with E-state index in [4.69, 9.17) is 10.8 Å². The van der Waals surface area contributed by atoms with E-state index >= 15 is 0 Å². The minimum absolute atomic E-state index is 0.228. The summed E-state index contributed by atoms with van der Waals surface area (Å²) in [4.78, 5) is 2.11. The van der Waals surface area contributed by atoms with E-state index in [0.29, 0.717) is 12.6 Å². The lowest BCUT2D eigenvalue weighted by Crippen LogP contribution is -2.32. The first-order valence-electron chi connectivity index (χ1n) is 4.12. The zero-order valence-corrected chi connectivity index (χ0v) is 7.75. The van der Waals surface area contributed by atoms with Gasteiger partial charge in [-0.1, -0.05) is 0 Å². The van der Waals surface area contributed by atoms with Crippen LogP contribution >= 0.6 is 0 Å². The lowest BCUT2D eigenvalue weighted by molar-refractivity contribution is 0.135. The fraction of sp³-hybridized carbons (Fsp3) is 1.00. The smallest absolute Gasteiger partial charge is 0.0527 e. The fourth-order valence-electron chi connectivity index (χ4n) is 1.17. The Hall–Kier alpha value is -0.120. The van der Waals surface area contributed by atoms with E-state index in [1.807, 2.05) is 21.0 Å². The van der Waals surface area contributed by atoms with E-state index in [-0.39, 0.29) is 6.10 Å². The molecule has 0 aromatic rings. The molecule has 0 fully saturated rings. The number of nitrogens with two attached hydrogens (primary N) is 1. The van der Waals surface area contributed by atoms with Crippen LogP contribution in [0.1, 0.15) is 19.8 Å². The first-order chi connectivity index (χ1) is 5.07. The summed E-state index contributed by atoms with van der Waals surface area (Å²) in [5, 5.41) is 9.13. The van der Waals surface area contributed by atoms with Crippen LogP contribution in [-0.4, -0.2) is 42.8 Å². The summed E-state index contributed by atoms with van der Waals surface area (Å²) in [6, 6.07) is 0.417. The van der Waals surface area contributed by atoms with Crippen LogP contribution in [0.3, 0.4) is 0 Å². The minimum Gasteiger partial charge on any atom is -0.393 e. The molecule has 0 aliphatic heterocycles. The fourth-order valence-corrected chi connectivity index (χ4v) is 1.17. The standard InChI is InChI=1S/C8H20N2O/c1-7(11)6-8(4-5-9)10(2)3/h7-8,11H,4-6,9H2,1-3H3. The van der Waals surface area contributed by atoms with Crippen molar-refractivity contribution in [1.29, 1.82) is 0 Å². The van der Waals surface area contributed by atoms with Crippen molar-refractivity contribution in [3.63, 3.8) is 0 Å². The van der Waals surface area contributed by atoms with Gasteiger partial charge >= 0.3 is 0 Å². The molecule has 2 atom stereocenters. The summed E-state index contributed by atoms with van der Waals surface area (Å²) in [5.41, 5.74) is 5.43. The van der Waals surface area contributed by atoms with Gasteiger partial charge in [-0.05, 0) is 40.4 Å². The summed E-state index contributed by atoms with van der Waals surface area (Å²) in [6.07, 6.45) is 1.54. The van der Waals surface area contributed by atoms with Gasteiger partial charge in [-0.2, -0.15) is 0 Å². The molecule has 0 spiro atoms. The second-order valence-corrected chi connectivity index (χ2v) is 3.28. The van der Waals surface area contributed by atoms with Crippen LogP contribution in [0, 0.1) is 0 Å². The second kappa shape index (κ2) is 5.52. The van der Waals surface area contributed by atoms with E-state index < -0.39 is 0 Å². The zero-order chi connectivity index (χ0) is 8.85. The molecule has 0 aromatic carbocycles. The highest BCUT2D eigenvalue weighted by atomic mass is 16.3. The highest BCUT2D eigenvalue weighted by Crippen LogP contribution is 2.06. The van der Waals surface area contributed by atoms with E-state index in [9.17, 15) is 0 Å². The monoisotopic (exact) mass is 160 g/mol. The Labute approximate surface area is 69.2 Å². The Kier molecular flexibility index (Phi) is 5.46. The van der Waals surface area contributed by atoms with Gasteiger partial charge in [-0.25, -0.2) is 0 Å². The van der Waals surface area contributed by atoms with Crippen LogP contribution in [0.5, 0.6) is 0 Å². The highest BCUT2D eigenvalue weighted by Gasteiger charge is 2.12. The largest absolute Gasteiger partial charge is 0.393 e. The molecule has 11 heavy (non-hydrogen) atoms. The Morgan fingerprint density at radius 1 is 1.45 bits per heavy atom. The van der Waals surface area contributed by atoms with Gasteiger partial charge in [-0.3, -0.25) is 0 Å². The van der Waals surface area contributed by atoms with Crippen molar-refractivity contribution in [3.05, 3.63) is 0 Å². The Morgan fingerprint density at radius 3 is 2.27 bits per heavy atom. The van der Waals surface area contributed by atoms with E-state index in [2.05, 4.69) is 4.90 Å². The maximum Gasteiger partial charge on any atom is 0.0527 e. The highest BCUT2D eigenvalue weighted by molar-refractivity contribution is 4.68. The van der Waals surface area contributed by atoms with Gasteiger partial charge in [0.1, 0.15) is 0 Å². The van der Waals surface area contributed by atoms with E-state index in [1.165, 1.54) is 0 Å². The van der Waals surface area contributed by atoms with Crippen molar-refractivity contribution in [2.24, 2.45) is 5.73 Å². The first-order valence-corrected chi connectivity index (χ1v) is 4.12. The maximum absolute atomic E-state index is 9.13. The molecule has 0 heterocycles. The molecule has 0 saturated carbocycles. The van der Waals surface area contributed by atoms with Gasteiger partial charge in [0.05, 0.1) is 6.10 Å². The van der Waals surface area contributed by atoms with Crippen molar-refractivity contribution < 1.29 is 5.11 Å². The van der Waals surface area contributed by atoms with Crippen molar-refractivity contribution in [2.75, 3.05) is 20.6 Å². The minimum atomic E-state index is -0.228. The predicted molar refractivity (Wildman–Crippen MR) is 47.4 cm³/mol. The molecule has 0 aromatic heterocycles. The summed E-state index contributed by atoms with van der Waals surface area (Å²) in [5.74, 6) is 0. The summed E-state index contributed by atoms with van der Waals surface area (Å²) in [6.45, 7) is 2.50. The molecule has 0 rings (SSSR count). The number of nitrogens with zero attached hydrogens (tertiary/aromatic N) is 1. The lowest BCUT2D eigenvalue weighted by Gasteiger charge is -2.24. The molecular weight excluding hydrogens is 140 g/mol. The quantitative estimate of drug-likeness (QED) is 0.597. The molecule has 68 valence electrons. The van der Waals surface area contributed by atoms with Crippen molar-refractivity contribution in [3.8, 4) is 0 Å². The predicted octanol–water partition coefficient (Wildman–Crippen LogP) is 0.0363. The van der Waals surface area contributed by atoms with E-state index in [1.54, 1.807) is 0 Å². The first kappa shape index (κ1) is 10.9. The molecule has 0 bridgehead atoms. The topological polar surface area (TPSA) is 49.5 Å². The molecule has 0 saturated heterocycles.